The second-order valence-corrected chi connectivity index (χ2v) is 5.52. The fourth-order valence-corrected chi connectivity index (χ4v) is 2.19. The van der Waals surface area contributed by atoms with Crippen molar-refractivity contribution >= 4 is 23.0 Å². The standard InChI is InChI=1S/C16H23N3O2/c1-5-17-16-18-13-8-6-7-9-14(13)19(16)12(4)15(20)21-10-11(2)3/h6-9,11-12H,5,10H2,1-4H3,(H,17,18). The lowest BCUT2D eigenvalue weighted by Crippen LogP contribution is -2.22. The van der Waals surface area contributed by atoms with Gasteiger partial charge in [-0.05, 0) is 31.9 Å². The third-order valence-corrected chi connectivity index (χ3v) is 3.22. The summed E-state index contributed by atoms with van der Waals surface area (Å²) in [6.07, 6.45) is 0. The SMILES string of the molecule is CCNc1nc2ccccc2n1C(C)C(=O)OCC(C)C. The largest absolute Gasteiger partial charge is 0.464 e. The van der Waals surface area contributed by atoms with Gasteiger partial charge in [-0.1, -0.05) is 26.0 Å². The van der Waals surface area contributed by atoms with Gasteiger partial charge in [-0.3, -0.25) is 4.57 Å². The number of imidazole rings is 1. The number of carbonyl (C=O) groups is 1. The van der Waals surface area contributed by atoms with E-state index in [0.717, 1.165) is 17.6 Å². The van der Waals surface area contributed by atoms with E-state index in [1.807, 2.05) is 56.5 Å². The molecule has 5 heteroatoms. The van der Waals surface area contributed by atoms with Crippen molar-refractivity contribution in [1.82, 2.24) is 9.55 Å². The van der Waals surface area contributed by atoms with Gasteiger partial charge in [-0.15, -0.1) is 0 Å². The van der Waals surface area contributed by atoms with Crippen molar-refractivity contribution < 1.29 is 9.53 Å². The zero-order chi connectivity index (χ0) is 15.4. The maximum Gasteiger partial charge on any atom is 0.328 e. The monoisotopic (exact) mass is 289 g/mol. The van der Waals surface area contributed by atoms with Crippen molar-refractivity contribution in [3.05, 3.63) is 24.3 Å². The molecule has 2 rings (SSSR count). The molecule has 1 aromatic carbocycles. The number of anilines is 1. The lowest BCUT2D eigenvalue weighted by Gasteiger charge is -2.17. The van der Waals surface area contributed by atoms with Crippen LogP contribution in [0, 0.1) is 5.92 Å². The van der Waals surface area contributed by atoms with Crippen LogP contribution in [0.1, 0.15) is 33.7 Å². The van der Waals surface area contributed by atoms with E-state index in [1.165, 1.54) is 0 Å². The molecule has 5 nitrogen and oxygen atoms in total. The summed E-state index contributed by atoms with van der Waals surface area (Å²) in [6.45, 7) is 9.08. The van der Waals surface area contributed by atoms with E-state index in [0.29, 0.717) is 18.5 Å². The van der Waals surface area contributed by atoms with Crippen LogP contribution in [0.4, 0.5) is 5.95 Å². The van der Waals surface area contributed by atoms with Crippen LogP contribution in [-0.2, 0) is 9.53 Å². The summed E-state index contributed by atoms with van der Waals surface area (Å²) in [5.41, 5.74) is 1.81. The van der Waals surface area contributed by atoms with Gasteiger partial charge in [0.2, 0.25) is 5.95 Å². The summed E-state index contributed by atoms with van der Waals surface area (Å²) in [6, 6.07) is 7.39. The van der Waals surface area contributed by atoms with Gasteiger partial charge in [-0.25, -0.2) is 9.78 Å². The summed E-state index contributed by atoms with van der Waals surface area (Å²) in [5.74, 6) is 0.799. The number of hydrogen-bond donors (Lipinski definition) is 1. The number of esters is 1. The molecule has 114 valence electrons. The normalized spacial score (nSPS) is 12.6. The molecule has 1 heterocycles. The molecule has 0 aliphatic rings. The maximum absolute atomic E-state index is 12.2. The van der Waals surface area contributed by atoms with E-state index in [1.54, 1.807) is 0 Å². The second kappa shape index (κ2) is 6.61. The van der Waals surface area contributed by atoms with E-state index < -0.39 is 6.04 Å². The quantitative estimate of drug-likeness (QED) is 0.830. The summed E-state index contributed by atoms with van der Waals surface area (Å²) in [7, 11) is 0. The number of benzene rings is 1. The highest BCUT2D eigenvalue weighted by Gasteiger charge is 2.22. The molecule has 0 saturated heterocycles. The Morgan fingerprint density at radius 1 is 1.33 bits per heavy atom. The molecule has 1 atom stereocenters. The van der Waals surface area contributed by atoms with Gasteiger partial charge >= 0.3 is 5.97 Å². The molecular formula is C16H23N3O2. The Morgan fingerprint density at radius 2 is 2.05 bits per heavy atom. The highest BCUT2D eigenvalue weighted by molar-refractivity contribution is 5.83. The third kappa shape index (κ3) is 3.35. The van der Waals surface area contributed by atoms with Crippen molar-refractivity contribution in [2.24, 2.45) is 5.92 Å². The van der Waals surface area contributed by atoms with E-state index >= 15 is 0 Å². The van der Waals surface area contributed by atoms with Crippen LogP contribution in [-0.4, -0.2) is 28.7 Å². The fraction of sp³-hybridized carbons (Fsp3) is 0.500. The van der Waals surface area contributed by atoms with Crippen LogP contribution < -0.4 is 5.32 Å². The zero-order valence-electron chi connectivity index (χ0n) is 13.1. The third-order valence-electron chi connectivity index (χ3n) is 3.22. The maximum atomic E-state index is 12.2. The number of para-hydroxylation sites is 2. The predicted molar refractivity (Wildman–Crippen MR) is 84.4 cm³/mol. The van der Waals surface area contributed by atoms with Gasteiger partial charge in [-0.2, -0.15) is 0 Å². The molecule has 0 radical (unpaired) electrons. The smallest absolute Gasteiger partial charge is 0.328 e. The molecule has 1 unspecified atom stereocenters. The molecule has 0 aliphatic carbocycles. The lowest BCUT2D eigenvalue weighted by atomic mass is 10.2. The molecule has 21 heavy (non-hydrogen) atoms. The number of ether oxygens (including phenoxy) is 1. The first-order valence-corrected chi connectivity index (χ1v) is 7.42. The van der Waals surface area contributed by atoms with Crippen molar-refractivity contribution in [3.63, 3.8) is 0 Å². The Balaban J connectivity index is 2.34. The number of fused-ring (bicyclic) bond motifs is 1. The molecule has 1 N–H and O–H groups in total. The van der Waals surface area contributed by atoms with Crippen molar-refractivity contribution in [2.45, 2.75) is 33.7 Å². The fourth-order valence-electron chi connectivity index (χ4n) is 2.19. The molecule has 0 bridgehead atoms. The van der Waals surface area contributed by atoms with Gasteiger partial charge in [0, 0.05) is 6.54 Å². The van der Waals surface area contributed by atoms with Crippen LogP contribution >= 0.6 is 0 Å². The Morgan fingerprint density at radius 3 is 2.71 bits per heavy atom. The first-order chi connectivity index (χ1) is 10.0. The van der Waals surface area contributed by atoms with E-state index in [9.17, 15) is 4.79 Å². The van der Waals surface area contributed by atoms with Crippen LogP contribution in [0.25, 0.3) is 11.0 Å². The number of nitrogens with one attached hydrogen (secondary N) is 1. The van der Waals surface area contributed by atoms with E-state index in [4.69, 9.17) is 4.74 Å². The number of rotatable bonds is 6. The van der Waals surface area contributed by atoms with Crippen LogP contribution in [0.2, 0.25) is 0 Å². The van der Waals surface area contributed by atoms with Crippen LogP contribution in [0.15, 0.2) is 24.3 Å². The summed E-state index contributed by atoms with van der Waals surface area (Å²) >= 11 is 0. The Labute approximate surface area is 125 Å². The van der Waals surface area contributed by atoms with Crippen molar-refractivity contribution in [3.8, 4) is 0 Å². The first-order valence-electron chi connectivity index (χ1n) is 7.42. The molecule has 2 aromatic rings. The summed E-state index contributed by atoms with van der Waals surface area (Å²) in [4.78, 5) is 16.8. The highest BCUT2D eigenvalue weighted by Crippen LogP contribution is 2.25. The predicted octanol–water partition coefficient (Wildman–Crippen LogP) is 3.23. The Kier molecular flexibility index (Phi) is 4.83. The molecule has 0 amide bonds. The Hall–Kier alpha value is -2.04. The number of aromatic nitrogens is 2. The average Bonchev–Trinajstić information content (AvgIpc) is 2.82. The Bertz CT molecular complexity index is 619. The van der Waals surface area contributed by atoms with Gasteiger partial charge in [0.05, 0.1) is 17.6 Å². The van der Waals surface area contributed by atoms with Gasteiger partial charge in [0.1, 0.15) is 6.04 Å². The highest BCUT2D eigenvalue weighted by atomic mass is 16.5. The molecule has 0 fully saturated rings. The zero-order valence-corrected chi connectivity index (χ0v) is 13.1. The number of hydrogen-bond acceptors (Lipinski definition) is 4. The minimum absolute atomic E-state index is 0.231. The van der Waals surface area contributed by atoms with E-state index in [2.05, 4.69) is 10.3 Å². The first kappa shape index (κ1) is 15.4. The lowest BCUT2D eigenvalue weighted by molar-refractivity contribution is -0.148. The molecule has 1 aromatic heterocycles. The minimum atomic E-state index is -0.412. The topological polar surface area (TPSA) is 56.2 Å². The molecule has 0 aliphatic heterocycles. The number of nitrogens with zero attached hydrogens (tertiary/aromatic N) is 2. The second-order valence-electron chi connectivity index (χ2n) is 5.52. The van der Waals surface area contributed by atoms with E-state index in [-0.39, 0.29) is 5.97 Å². The molecular weight excluding hydrogens is 266 g/mol. The van der Waals surface area contributed by atoms with Gasteiger partial charge in [0.25, 0.3) is 0 Å². The average molecular weight is 289 g/mol. The summed E-state index contributed by atoms with van der Waals surface area (Å²) < 4.78 is 7.26. The van der Waals surface area contributed by atoms with Crippen molar-refractivity contribution in [1.29, 1.82) is 0 Å². The van der Waals surface area contributed by atoms with Gasteiger partial charge < -0.3 is 10.1 Å². The van der Waals surface area contributed by atoms with Crippen LogP contribution in [0.3, 0.4) is 0 Å². The summed E-state index contributed by atoms with van der Waals surface area (Å²) in [5, 5.41) is 3.21. The molecule has 0 saturated carbocycles. The number of carbonyl (C=O) groups excluding carboxylic acids is 1. The van der Waals surface area contributed by atoms with Crippen LogP contribution in [0.5, 0.6) is 0 Å². The minimum Gasteiger partial charge on any atom is -0.464 e. The van der Waals surface area contributed by atoms with Gasteiger partial charge in [0.15, 0.2) is 0 Å². The molecule has 0 spiro atoms. The van der Waals surface area contributed by atoms with Crippen molar-refractivity contribution in [2.75, 3.05) is 18.5 Å².